The minimum atomic E-state index is -7.18. The van der Waals surface area contributed by atoms with Crippen LogP contribution in [0.25, 0.3) is 0 Å². The Hall–Kier alpha value is -0.303. The van der Waals surface area contributed by atoms with Crippen LogP contribution in [-0.2, 0) is 42.9 Å². The molecular weight excluding hydrogens is 502 g/mol. The Bertz CT molecular complexity index is 744. The zero-order valence-corrected chi connectivity index (χ0v) is 15.9. The second kappa shape index (κ2) is 9.88. The molecule has 0 bridgehead atoms. The van der Waals surface area contributed by atoms with Gasteiger partial charge in [-0.15, -0.1) is 0 Å². The Morgan fingerprint density at radius 3 is 0.862 bits per heavy atom. The molecule has 0 aromatic heterocycles. The van der Waals surface area contributed by atoms with E-state index in [1.165, 1.54) is 0 Å². The first-order valence-electron chi connectivity index (χ1n) is 5.72. The van der Waals surface area contributed by atoms with Gasteiger partial charge in [0.05, 0.1) is 0 Å². The van der Waals surface area contributed by atoms with Gasteiger partial charge in [-0.05, 0) is 0 Å². The Labute approximate surface area is 169 Å². The molecule has 0 heterocycles. The van der Waals surface area contributed by atoms with Crippen molar-refractivity contribution in [1.82, 2.24) is 0 Å². The van der Waals surface area contributed by atoms with Crippen molar-refractivity contribution in [2.45, 2.75) is 18.3 Å². The van der Waals surface area contributed by atoms with Crippen LogP contribution in [0, 0.1) is 3.91 Å². The molecular formula is C7H6F9LiO9S3. The van der Waals surface area contributed by atoms with Crippen LogP contribution in [-0.4, -0.2) is 63.6 Å². The Kier molecular flexibility index (Phi) is 10.5. The quantitative estimate of drug-likeness (QED) is 0.129. The summed E-state index contributed by atoms with van der Waals surface area (Å²) in [6.45, 7) is -9.24. The monoisotopic (exact) mass is 508 g/mol. The minimum absolute atomic E-state index is 0. The van der Waals surface area contributed by atoms with Crippen LogP contribution in [0.3, 0.4) is 0 Å². The number of halogens is 9. The summed E-state index contributed by atoms with van der Waals surface area (Å²) in [4.78, 5) is 0. The fourth-order valence-electron chi connectivity index (χ4n) is 1.03. The third-order valence-corrected chi connectivity index (χ3v) is 8.06. The minimum Gasteiger partial charge on any atom is -0.241 e. The van der Waals surface area contributed by atoms with Crippen LogP contribution in [0.5, 0.6) is 0 Å². The number of hydrogen-bond acceptors (Lipinski definition) is 9. The average Bonchev–Trinajstić information content (AvgIpc) is 2.42. The van der Waals surface area contributed by atoms with Crippen LogP contribution in [0.1, 0.15) is 0 Å². The van der Waals surface area contributed by atoms with E-state index >= 15 is 0 Å². The molecule has 170 valence electrons. The summed E-state index contributed by atoms with van der Waals surface area (Å²) < 4.78 is 185. The molecule has 0 unspecified atom stereocenters. The summed E-state index contributed by atoms with van der Waals surface area (Å²) >= 11 is 0. The normalized spacial score (nSPS) is 14.7. The van der Waals surface area contributed by atoms with Gasteiger partial charge in [-0.3, -0.25) is 0 Å². The molecule has 0 aromatic rings. The predicted molar refractivity (Wildman–Crippen MR) is 66.0 cm³/mol. The molecule has 29 heavy (non-hydrogen) atoms. The van der Waals surface area contributed by atoms with E-state index in [1.807, 2.05) is 0 Å². The van der Waals surface area contributed by atoms with Crippen molar-refractivity contribution in [2.24, 2.45) is 0 Å². The third kappa shape index (κ3) is 9.15. The molecule has 0 atom stereocenters. The fraction of sp³-hybridized carbons (Fsp3) is 0.857. The van der Waals surface area contributed by atoms with Crippen LogP contribution >= 0.6 is 0 Å². The molecule has 0 radical (unpaired) electrons. The molecule has 0 N–H and O–H groups in total. The summed E-state index contributed by atoms with van der Waals surface area (Å²) in [5, 5.41) is 0. The Morgan fingerprint density at radius 1 is 0.552 bits per heavy atom. The first kappa shape index (κ1) is 30.9. The number of alkyl halides is 9. The van der Waals surface area contributed by atoms with Crippen molar-refractivity contribution < 1.29 is 96.2 Å². The van der Waals surface area contributed by atoms with Crippen LogP contribution in [0.4, 0.5) is 39.5 Å². The molecule has 0 saturated carbocycles. The van der Waals surface area contributed by atoms with Crippen LogP contribution in [0.2, 0.25) is 0 Å². The van der Waals surface area contributed by atoms with E-state index in [1.54, 1.807) is 0 Å². The second-order valence-electron chi connectivity index (χ2n) is 4.18. The molecule has 0 rings (SSSR count). The summed E-state index contributed by atoms with van der Waals surface area (Å²) in [6.07, 6.45) is -16.6. The van der Waals surface area contributed by atoms with Crippen LogP contribution < -0.4 is 18.9 Å². The SMILES string of the molecule is O=S(=O)(OC(F)(F)CF)[C-](S(=O)(=O)OC(F)(F)CF)S(=O)(=O)OC(F)(F)CF.[Li+]. The maximum absolute atomic E-state index is 12.7. The summed E-state index contributed by atoms with van der Waals surface area (Å²) in [5.41, 5.74) is 0. The fourth-order valence-corrected chi connectivity index (χ4v) is 5.94. The van der Waals surface area contributed by atoms with E-state index in [0.29, 0.717) is 0 Å². The summed E-state index contributed by atoms with van der Waals surface area (Å²) in [6, 6.07) is 0. The molecule has 0 saturated heterocycles. The summed E-state index contributed by atoms with van der Waals surface area (Å²) in [5.74, 6) is 0. The first-order chi connectivity index (χ1) is 12.2. The van der Waals surface area contributed by atoms with Gasteiger partial charge in [0.25, 0.3) is 0 Å². The maximum Gasteiger partial charge on any atom is 1.00 e. The van der Waals surface area contributed by atoms with Crippen molar-refractivity contribution in [3.8, 4) is 0 Å². The smallest absolute Gasteiger partial charge is 0.241 e. The van der Waals surface area contributed by atoms with E-state index in [9.17, 15) is 64.8 Å². The van der Waals surface area contributed by atoms with E-state index in [4.69, 9.17) is 0 Å². The van der Waals surface area contributed by atoms with Gasteiger partial charge < -0.3 is 0 Å². The number of hydrogen-bond donors (Lipinski definition) is 0. The molecule has 0 amide bonds. The molecule has 0 aliphatic heterocycles. The van der Waals surface area contributed by atoms with Gasteiger partial charge in [0, 0.05) is 0 Å². The Morgan fingerprint density at radius 2 is 0.724 bits per heavy atom. The zero-order chi connectivity index (χ0) is 22.8. The topological polar surface area (TPSA) is 130 Å². The number of rotatable bonds is 12. The Balaban J connectivity index is 0. The molecule has 0 aliphatic carbocycles. The van der Waals surface area contributed by atoms with Crippen molar-refractivity contribution in [2.75, 3.05) is 20.0 Å². The van der Waals surface area contributed by atoms with Crippen molar-refractivity contribution in [1.29, 1.82) is 0 Å². The van der Waals surface area contributed by atoms with Gasteiger partial charge in [0.2, 0.25) is 0 Å². The van der Waals surface area contributed by atoms with Gasteiger partial charge >= 0.3 is 37.2 Å². The van der Waals surface area contributed by atoms with Gasteiger partial charge in [0.15, 0.2) is 50.4 Å². The molecule has 0 aromatic carbocycles. The second-order valence-corrected chi connectivity index (χ2v) is 9.40. The summed E-state index contributed by atoms with van der Waals surface area (Å²) in [7, 11) is -21.5. The van der Waals surface area contributed by atoms with Crippen molar-refractivity contribution in [3.63, 3.8) is 0 Å². The van der Waals surface area contributed by atoms with E-state index < -0.39 is 72.6 Å². The van der Waals surface area contributed by atoms with Gasteiger partial charge in [-0.2, -0.15) is 26.3 Å². The molecule has 9 nitrogen and oxygen atoms in total. The van der Waals surface area contributed by atoms with Gasteiger partial charge in [-0.1, -0.05) is 0 Å². The standard InChI is InChI=1S/C7H6F9O9S3.Li/c8-1-5(11,12)23-26(17,18)4(27(19,20)24-6(13,14)2-9)28(21,22)25-7(15,16)3-10;/h1-3H2;/q-1;+1. The van der Waals surface area contributed by atoms with Crippen molar-refractivity contribution >= 4 is 30.4 Å². The first-order valence-corrected chi connectivity index (χ1v) is 9.95. The predicted octanol–water partition coefficient (Wildman–Crippen LogP) is -1.84. The average molecular weight is 508 g/mol. The van der Waals surface area contributed by atoms with E-state index in [0.717, 1.165) is 0 Å². The van der Waals surface area contributed by atoms with Gasteiger partial charge in [-0.25, -0.2) is 51.0 Å². The molecule has 22 heteroatoms. The van der Waals surface area contributed by atoms with E-state index in [-0.39, 0.29) is 18.9 Å². The van der Waals surface area contributed by atoms with Crippen molar-refractivity contribution in [3.05, 3.63) is 3.91 Å². The van der Waals surface area contributed by atoms with E-state index in [2.05, 4.69) is 12.5 Å². The maximum atomic E-state index is 12.7. The molecule has 0 spiro atoms. The molecule has 0 fully saturated rings. The third-order valence-electron chi connectivity index (χ3n) is 1.77. The largest absolute Gasteiger partial charge is 1.00 e. The zero-order valence-electron chi connectivity index (χ0n) is 13.4. The van der Waals surface area contributed by atoms with Gasteiger partial charge in [0.1, 0.15) is 3.91 Å². The van der Waals surface area contributed by atoms with Crippen LogP contribution in [0.15, 0.2) is 0 Å². The molecule has 0 aliphatic rings.